The molecule has 0 amide bonds. The zero-order chi connectivity index (χ0) is 14.1. The van der Waals surface area contributed by atoms with Crippen LogP contribution in [0.5, 0.6) is 0 Å². The molecule has 0 atom stereocenters. The van der Waals surface area contributed by atoms with E-state index in [2.05, 4.69) is 34.4 Å². The molecule has 0 unspecified atom stereocenters. The van der Waals surface area contributed by atoms with E-state index in [4.69, 9.17) is 4.74 Å². The van der Waals surface area contributed by atoms with Crippen LogP contribution >= 0.6 is 24.0 Å². The highest BCUT2D eigenvalue weighted by Gasteiger charge is 2.16. The Morgan fingerprint density at radius 1 is 1.20 bits per heavy atom. The molecule has 0 aromatic heterocycles. The average molecular weight is 398 g/mol. The zero-order valence-corrected chi connectivity index (χ0v) is 15.7. The molecule has 1 aliphatic rings. The molecule has 5 nitrogen and oxygen atoms in total. The molecular weight excluding hydrogens is 367 g/mol. The van der Waals surface area contributed by atoms with Gasteiger partial charge in [-0.25, -0.2) is 0 Å². The maximum atomic E-state index is 5.38. The van der Waals surface area contributed by atoms with Crippen molar-refractivity contribution in [2.24, 2.45) is 4.99 Å². The van der Waals surface area contributed by atoms with Crippen molar-refractivity contribution in [1.29, 1.82) is 0 Å². The van der Waals surface area contributed by atoms with Crippen LogP contribution in [-0.4, -0.2) is 63.3 Å². The fourth-order valence-corrected chi connectivity index (χ4v) is 2.10. The lowest BCUT2D eigenvalue weighted by atomic mass is 10.1. The van der Waals surface area contributed by atoms with Crippen LogP contribution in [0.3, 0.4) is 0 Å². The van der Waals surface area contributed by atoms with E-state index >= 15 is 0 Å². The van der Waals surface area contributed by atoms with Gasteiger partial charge in [-0.3, -0.25) is 4.99 Å². The molecule has 0 saturated carbocycles. The minimum absolute atomic E-state index is 0. The number of likely N-dealkylation sites (tertiary alicyclic amines) is 1. The maximum absolute atomic E-state index is 5.38. The Kier molecular flexibility index (Phi) is 10.6. The highest BCUT2D eigenvalue weighted by Crippen LogP contribution is 2.07. The summed E-state index contributed by atoms with van der Waals surface area (Å²) in [7, 11) is 3.53. The summed E-state index contributed by atoms with van der Waals surface area (Å²) in [6.07, 6.45) is 4.07. The van der Waals surface area contributed by atoms with Crippen molar-refractivity contribution < 1.29 is 4.74 Å². The van der Waals surface area contributed by atoms with E-state index in [1.807, 2.05) is 0 Å². The van der Waals surface area contributed by atoms with Crippen molar-refractivity contribution >= 4 is 29.9 Å². The monoisotopic (exact) mass is 398 g/mol. The third-order valence-electron chi connectivity index (χ3n) is 3.63. The molecule has 0 aliphatic carbocycles. The molecule has 120 valence electrons. The summed E-state index contributed by atoms with van der Waals surface area (Å²) in [5.41, 5.74) is -0.176. The number of nitrogens with zero attached hydrogens (tertiary/aromatic N) is 2. The SMILES string of the molecule is CN=C(NCCN1CCCCC1)NCC(C)(C)OC.I. The van der Waals surface area contributed by atoms with Crippen LogP contribution in [0.4, 0.5) is 0 Å². The quantitative estimate of drug-likeness (QED) is 0.406. The molecule has 1 rings (SSSR count). The van der Waals surface area contributed by atoms with Crippen LogP contribution < -0.4 is 10.6 Å². The van der Waals surface area contributed by atoms with Crippen LogP contribution in [0, 0.1) is 0 Å². The number of hydrogen-bond acceptors (Lipinski definition) is 3. The largest absolute Gasteiger partial charge is 0.377 e. The Hall–Kier alpha value is -0.0800. The van der Waals surface area contributed by atoms with Crippen molar-refractivity contribution in [3.63, 3.8) is 0 Å². The number of aliphatic imine (C=N–C) groups is 1. The van der Waals surface area contributed by atoms with E-state index < -0.39 is 0 Å². The summed E-state index contributed by atoms with van der Waals surface area (Å²) in [5, 5.41) is 6.65. The van der Waals surface area contributed by atoms with Gasteiger partial charge in [0.25, 0.3) is 0 Å². The van der Waals surface area contributed by atoms with Gasteiger partial charge in [-0.15, -0.1) is 24.0 Å². The van der Waals surface area contributed by atoms with E-state index in [1.54, 1.807) is 14.2 Å². The smallest absolute Gasteiger partial charge is 0.191 e. The third kappa shape index (κ3) is 8.26. The topological polar surface area (TPSA) is 48.9 Å². The van der Waals surface area contributed by atoms with E-state index in [0.717, 1.165) is 25.6 Å². The first-order chi connectivity index (χ1) is 9.07. The minimum atomic E-state index is -0.176. The molecule has 0 aromatic carbocycles. The minimum Gasteiger partial charge on any atom is -0.377 e. The van der Waals surface area contributed by atoms with Gasteiger partial charge in [-0.05, 0) is 39.8 Å². The van der Waals surface area contributed by atoms with Gasteiger partial charge in [0.1, 0.15) is 0 Å². The van der Waals surface area contributed by atoms with E-state index in [1.165, 1.54) is 32.4 Å². The second-order valence-corrected chi connectivity index (χ2v) is 5.72. The average Bonchev–Trinajstić information content (AvgIpc) is 2.43. The zero-order valence-electron chi connectivity index (χ0n) is 13.4. The molecule has 0 aromatic rings. The molecule has 1 aliphatic heterocycles. The van der Waals surface area contributed by atoms with Crippen LogP contribution in [0.1, 0.15) is 33.1 Å². The number of guanidine groups is 1. The second kappa shape index (κ2) is 10.6. The summed E-state index contributed by atoms with van der Waals surface area (Å²) >= 11 is 0. The van der Waals surface area contributed by atoms with E-state index in [0.29, 0.717) is 0 Å². The van der Waals surface area contributed by atoms with Crippen LogP contribution in [-0.2, 0) is 4.74 Å². The molecule has 1 fully saturated rings. The van der Waals surface area contributed by atoms with E-state index in [9.17, 15) is 0 Å². The van der Waals surface area contributed by atoms with Crippen molar-refractivity contribution in [3.8, 4) is 0 Å². The van der Waals surface area contributed by atoms with Gasteiger partial charge in [0.2, 0.25) is 0 Å². The van der Waals surface area contributed by atoms with Gasteiger partial charge in [-0.2, -0.15) is 0 Å². The molecule has 1 saturated heterocycles. The Morgan fingerprint density at radius 3 is 2.40 bits per heavy atom. The normalized spacial score (nSPS) is 17.5. The molecule has 0 bridgehead atoms. The third-order valence-corrected chi connectivity index (χ3v) is 3.63. The predicted molar refractivity (Wildman–Crippen MR) is 96.2 cm³/mol. The number of halogens is 1. The van der Waals surface area contributed by atoms with Gasteiger partial charge < -0.3 is 20.3 Å². The first-order valence-electron chi connectivity index (χ1n) is 7.29. The fourth-order valence-electron chi connectivity index (χ4n) is 2.10. The molecule has 1 heterocycles. The molecule has 6 heteroatoms. The lowest BCUT2D eigenvalue weighted by Gasteiger charge is -2.27. The van der Waals surface area contributed by atoms with Gasteiger partial charge in [0.15, 0.2) is 5.96 Å². The molecule has 0 spiro atoms. The molecule has 2 N–H and O–H groups in total. The number of ether oxygens (including phenoxy) is 1. The fraction of sp³-hybridized carbons (Fsp3) is 0.929. The summed E-state index contributed by atoms with van der Waals surface area (Å²) < 4.78 is 5.38. The van der Waals surface area contributed by atoms with Gasteiger partial charge in [0.05, 0.1) is 5.60 Å². The van der Waals surface area contributed by atoms with Crippen LogP contribution in [0.15, 0.2) is 4.99 Å². The van der Waals surface area contributed by atoms with Crippen molar-refractivity contribution in [2.45, 2.75) is 38.7 Å². The lowest BCUT2D eigenvalue weighted by molar-refractivity contribution is 0.0268. The van der Waals surface area contributed by atoms with Gasteiger partial charge in [-0.1, -0.05) is 6.42 Å². The molecule has 0 radical (unpaired) electrons. The lowest BCUT2D eigenvalue weighted by Crippen LogP contribution is -2.47. The van der Waals surface area contributed by atoms with Gasteiger partial charge in [0, 0.05) is 33.8 Å². The number of nitrogens with one attached hydrogen (secondary N) is 2. The van der Waals surface area contributed by atoms with Crippen molar-refractivity contribution in [1.82, 2.24) is 15.5 Å². The second-order valence-electron chi connectivity index (χ2n) is 5.72. The van der Waals surface area contributed by atoms with Crippen molar-refractivity contribution in [3.05, 3.63) is 0 Å². The number of rotatable bonds is 6. The Balaban J connectivity index is 0.00000361. The van der Waals surface area contributed by atoms with E-state index in [-0.39, 0.29) is 29.6 Å². The van der Waals surface area contributed by atoms with Crippen LogP contribution in [0.25, 0.3) is 0 Å². The first-order valence-corrected chi connectivity index (χ1v) is 7.29. The Bertz CT molecular complexity index is 278. The summed E-state index contributed by atoms with van der Waals surface area (Å²) in [4.78, 5) is 6.75. The first kappa shape index (κ1) is 19.9. The molecular formula is C14H31IN4O. The van der Waals surface area contributed by atoms with Crippen LogP contribution in [0.2, 0.25) is 0 Å². The van der Waals surface area contributed by atoms with Gasteiger partial charge >= 0.3 is 0 Å². The maximum Gasteiger partial charge on any atom is 0.191 e. The number of hydrogen-bond donors (Lipinski definition) is 2. The highest BCUT2D eigenvalue weighted by atomic mass is 127. The summed E-state index contributed by atoms with van der Waals surface area (Å²) in [6, 6.07) is 0. The highest BCUT2D eigenvalue weighted by molar-refractivity contribution is 14.0. The Labute approximate surface area is 140 Å². The summed E-state index contributed by atoms with van der Waals surface area (Å²) in [6.45, 7) is 9.37. The summed E-state index contributed by atoms with van der Waals surface area (Å²) in [5.74, 6) is 0.849. The number of piperidine rings is 1. The standard InChI is InChI=1S/C14H30N4O.HI/c1-14(2,19-4)12-17-13(15-3)16-8-11-18-9-6-5-7-10-18;/h5-12H2,1-4H3,(H2,15,16,17);1H. The Morgan fingerprint density at radius 2 is 1.85 bits per heavy atom. The molecule has 20 heavy (non-hydrogen) atoms. The number of methoxy groups -OCH3 is 1. The predicted octanol–water partition coefficient (Wildman–Crippen LogP) is 1.68. The van der Waals surface area contributed by atoms with Crippen molar-refractivity contribution in [2.75, 3.05) is 46.9 Å².